The van der Waals surface area contributed by atoms with E-state index in [0.29, 0.717) is 6.61 Å². The Morgan fingerprint density at radius 2 is 2.00 bits per heavy atom. The molecule has 0 radical (unpaired) electrons. The van der Waals surface area contributed by atoms with Crippen molar-refractivity contribution in [2.24, 2.45) is 0 Å². The lowest BCUT2D eigenvalue weighted by molar-refractivity contribution is 0.340. The summed E-state index contributed by atoms with van der Waals surface area (Å²) in [6.45, 7) is 10.6. The molecule has 2 rings (SSSR count). The monoisotopic (exact) mass is 245 g/mol. The number of hydrogen-bond acceptors (Lipinski definition) is 2. The van der Waals surface area contributed by atoms with E-state index < -0.39 is 0 Å². The van der Waals surface area contributed by atoms with E-state index in [0.717, 1.165) is 18.7 Å². The van der Waals surface area contributed by atoms with Crippen LogP contribution in [0, 0.1) is 0 Å². The van der Waals surface area contributed by atoms with Crippen molar-refractivity contribution in [2.45, 2.75) is 39.7 Å². The van der Waals surface area contributed by atoms with Gasteiger partial charge >= 0.3 is 0 Å². The minimum Gasteiger partial charge on any atom is -0.494 e. The Hall–Kier alpha value is -1.44. The first-order valence-corrected chi connectivity index (χ1v) is 6.82. The first-order chi connectivity index (χ1) is 8.58. The molecule has 0 saturated heterocycles. The third-order valence-electron chi connectivity index (χ3n) is 3.41. The van der Waals surface area contributed by atoms with E-state index in [1.54, 1.807) is 0 Å². The van der Waals surface area contributed by atoms with Crippen molar-refractivity contribution in [3.05, 3.63) is 29.8 Å². The number of benzene rings is 1. The third-order valence-corrected chi connectivity index (χ3v) is 3.41. The van der Waals surface area contributed by atoms with Crippen LogP contribution in [0.15, 0.2) is 24.3 Å². The molecule has 2 nitrogen and oxygen atoms in total. The molecular formula is C16H23NO. The molecule has 1 aliphatic heterocycles. The second-order valence-corrected chi connectivity index (χ2v) is 5.29. The summed E-state index contributed by atoms with van der Waals surface area (Å²) in [4.78, 5) is 2.47. The molecule has 0 atom stereocenters. The van der Waals surface area contributed by atoms with Crippen molar-refractivity contribution in [1.29, 1.82) is 0 Å². The Morgan fingerprint density at radius 1 is 1.22 bits per heavy atom. The van der Waals surface area contributed by atoms with Gasteiger partial charge in [0.15, 0.2) is 0 Å². The highest BCUT2D eigenvalue weighted by Crippen LogP contribution is 2.36. The molecule has 98 valence electrons. The summed E-state index contributed by atoms with van der Waals surface area (Å²) in [5, 5.41) is 0. The lowest BCUT2D eigenvalue weighted by Crippen LogP contribution is -2.44. The molecule has 0 aromatic heterocycles. The van der Waals surface area contributed by atoms with Gasteiger partial charge in [0.1, 0.15) is 5.75 Å². The van der Waals surface area contributed by atoms with Gasteiger partial charge in [-0.15, -0.1) is 0 Å². The lowest BCUT2D eigenvalue weighted by atomic mass is 9.93. The minimum absolute atomic E-state index is 0.0934. The first kappa shape index (κ1) is 13.0. The Balaban J connectivity index is 2.39. The molecule has 0 unspecified atom stereocenters. The van der Waals surface area contributed by atoms with Crippen LogP contribution in [0.1, 0.15) is 39.7 Å². The summed E-state index contributed by atoms with van der Waals surface area (Å²) in [5.41, 5.74) is 2.66. The van der Waals surface area contributed by atoms with E-state index in [2.05, 4.69) is 56.0 Å². The van der Waals surface area contributed by atoms with Crippen LogP contribution in [0.2, 0.25) is 0 Å². The molecule has 0 fully saturated rings. The maximum Gasteiger partial charge on any atom is 0.120 e. The second-order valence-electron chi connectivity index (χ2n) is 5.29. The highest BCUT2D eigenvalue weighted by atomic mass is 16.5. The van der Waals surface area contributed by atoms with Gasteiger partial charge in [-0.25, -0.2) is 0 Å². The molecule has 0 N–H and O–H groups in total. The summed E-state index contributed by atoms with van der Waals surface area (Å²) < 4.78 is 5.57. The fourth-order valence-corrected chi connectivity index (χ4v) is 2.49. The van der Waals surface area contributed by atoms with Crippen molar-refractivity contribution in [2.75, 3.05) is 18.1 Å². The summed E-state index contributed by atoms with van der Waals surface area (Å²) in [7, 11) is 0. The van der Waals surface area contributed by atoms with Crippen molar-refractivity contribution < 1.29 is 4.74 Å². The van der Waals surface area contributed by atoms with E-state index in [4.69, 9.17) is 4.74 Å². The van der Waals surface area contributed by atoms with E-state index >= 15 is 0 Å². The fourth-order valence-electron chi connectivity index (χ4n) is 2.49. The Kier molecular flexibility index (Phi) is 3.65. The zero-order valence-electron chi connectivity index (χ0n) is 11.9. The molecule has 0 saturated carbocycles. The first-order valence-electron chi connectivity index (χ1n) is 6.82. The second kappa shape index (κ2) is 5.05. The molecule has 0 amide bonds. The van der Waals surface area contributed by atoms with E-state index in [9.17, 15) is 0 Å². The van der Waals surface area contributed by atoms with Crippen LogP contribution in [0.5, 0.6) is 5.75 Å². The smallest absolute Gasteiger partial charge is 0.120 e. The number of hydrogen-bond donors (Lipinski definition) is 0. The number of nitrogens with zero attached hydrogens (tertiary/aromatic N) is 1. The van der Waals surface area contributed by atoms with Gasteiger partial charge in [0.25, 0.3) is 0 Å². The van der Waals surface area contributed by atoms with Crippen LogP contribution in [-0.4, -0.2) is 18.7 Å². The predicted octanol–water partition coefficient (Wildman–Crippen LogP) is 4.11. The zero-order chi connectivity index (χ0) is 13.2. The van der Waals surface area contributed by atoms with Gasteiger partial charge in [-0.3, -0.25) is 0 Å². The summed E-state index contributed by atoms with van der Waals surface area (Å²) in [5.74, 6) is 0.956. The van der Waals surface area contributed by atoms with E-state index in [-0.39, 0.29) is 5.54 Å². The molecule has 2 heteroatoms. The van der Waals surface area contributed by atoms with Crippen molar-refractivity contribution in [3.8, 4) is 5.75 Å². The van der Waals surface area contributed by atoms with Gasteiger partial charge in [0.2, 0.25) is 0 Å². The Morgan fingerprint density at radius 3 is 2.67 bits per heavy atom. The number of ether oxygens (including phenoxy) is 1. The number of fused-ring (bicyclic) bond motifs is 1. The molecule has 1 aromatic rings. The molecule has 1 aliphatic rings. The standard InChI is InChI=1S/C16H23NO/c1-5-11-17-15-8-7-14(18-6-2)12-13(15)9-10-16(17,3)4/h7-10,12H,5-6,11H2,1-4H3. The van der Waals surface area contributed by atoms with E-state index in [1.165, 1.54) is 11.3 Å². The third kappa shape index (κ3) is 2.38. The molecular weight excluding hydrogens is 222 g/mol. The largest absolute Gasteiger partial charge is 0.494 e. The predicted molar refractivity (Wildman–Crippen MR) is 78.4 cm³/mol. The summed E-state index contributed by atoms with van der Waals surface area (Å²) >= 11 is 0. The van der Waals surface area contributed by atoms with Gasteiger partial charge in [0.05, 0.1) is 12.1 Å². The van der Waals surface area contributed by atoms with Gasteiger partial charge in [-0.2, -0.15) is 0 Å². The van der Waals surface area contributed by atoms with Crippen LogP contribution < -0.4 is 9.64 Å². The van der Waals surface area contributed by atoms with Gasteiger partial charge in [-0.05, 0) is 45.4 Å². The average molecular weight is 245 g/mol. The molecule has 0 aliphatic carbocycles. The van der Waals surface area contributed by atoms with Crippen LogP contribution in [0.3, 0.4) is 0 Å². The lowest BCUT2D eigenvalue weighted by Gasteiger charge is -2.42. The molecule has 1 aromatic carbocycles. The maximum atomic E-state index is 5.57. The van der Waals surface area contributed by atoms with Gasteiger partial charge in [0, 0.05) is 17.8 Å². The van der Waals surface area contributed by atoms with Gasteiger partial charge in [-0.1, -0.05) is 19.1 Å². The molecule has 1 heterocycles. The van der Waals surface area contributed by atoms with Crippen molar-refractivity contribution >= 4 is 11.8 Å². The number of anilines is 1. The Labute approximate surface area is 110 Å². The topological polar surface area (TPSA) is 12.5 Å². The molecule has 0 bridgehead atoms. The Bertz CT molecular complexity index is 448. The zero-order valence-corrected chi connectivity index (χ0v) is 11.9. The number of rotatable bonds is 4. The highest BCUT2D eigenvalue weighted by molar-refractivity contribution is 5.74. The van der Waals surface area contributed by atoms with Crippen LogP contribution in [-0.2, 0) is 0 Å². The minimum atomic E-state index is 0.0934. The maximum absolute atomic E-state index is 5.57. The summed E-state index contributed by atoms with van der Waals surface area (Å²) in [6.07, 6.45) is 5.65. The quantitative estimate of drug-likeness (QED) is 0.791. The summed E-state index contributed by atoms with van der Waals surface area (Å²) in [6, 6.07) is 6.38. The van der Waals surface area contributed by atoms with Crippen molar-refractivity contribution in [1.82, 2.24) is 0 Å². The fraction of sp³-hybridized carbons (Fsp3) is 0.500. The van der Waals surface area contributed by atoms with E-state index in [1.807, 2.05) is 6.92 Å². The molecule has 18 heavy (non-hydrogen) atoms. The van der Waals surface area contributed by atoms with Crippen molar-refractivity contribution in [3.63, 3.8) is 0 Å². The average Bonchev–Trinajstić information content (AvgIpc) is 2.34. The molecule has 0 spiro atoms. The normalized spacial score (nSPS) is 16.6. The van der Waals surface area contributed by atoms with Gasteiger partial charge < -0.3 is 9.64 Å². The van der Waals surface area contributed by atoms with Crippen LogP contribution in [0.25, 0.3) is 6.08 Å². The van der Waals surface area contributed by atoms with Crippen LogP contribution >= 0.6 is 0 Å². The highest BCUT2D eigenvalue weighted by Gasteiger charge is 2.28. The SMILES string of the molecule is CCCN1c2ccc(OCC)cc2C=CC1(C)C. The van der Waals surface area contributed by atoms with Crippen LogP contribution in [0.4, 0.5) is 5.69 Å².